The smallest absolute Gasteiger partial charge is 0.241 e. The number of amides is 1. The Bertz CT molecular complexity index is 442. The van der Waals surface area contributed by atoms with Crippen LogP contribution in [0, 0.1) is 6.92 Å². The van der Waals surface area contributed by atoms with E-state index < -0.39 is 6.04 Å². The van der Waals surface area contributed by atoms with E-state index in [0.717, 1.165) is 17.7 Å². The molecule has 0 spiro atoms. The molecule has 1 atom stereocenters. The van der Waals surface area contributed by atoms with E-state index in [1.807, 2.05) is 31.2 Å². The van der Waals surface area contributed by atoms with Crippen LogP contribution in [0.3, 0.4) is 0 Å². The summed E-state index contributed by atoms with van der Waals surface area (Å²) in [6.07, 6.45) is 0. The van der Waals surface area contributed by atoms with Crippen molar-refractivity contribution in [3.8, 4) is 0 Å². The summed E-state index contributed by atoms with van der Waals surface area (Å²) in [4.78, 5) is 14.4. The van der Waals surface area contributed by atoms with E-state index in [-0.39, 0.29) is 30.7 Å². The minimum atomic E-state index is -0.600. The highest BCUT2D eigenvalue weighted by molar-refractivity contribution is 5.85. The second-order valence-electron chi connectivity index (χ2n) is 6.10. The van der Waals surface area contributed by atoms with Crippen molar-refractivity contribution in [1.82, 2.24) is 10.2 Å². The van der Waals surface area contributed by atoms with E-state index in [9.17, 15) is 4.79 Å². The normalized spacial score (nSPS) is 11.9. The van der Waals surface area contributed by atoms with Crippen molar-refractivity contribution < 1.29 is 4.79 Å². The summed E-state index contributed by atoms with van der Waals surface area (Å²) in [7, 11) is 0. The van der Waals surface area contributed by atoms with Gasteiger partial charge < -0.3 is 11.1 Å². The summed E-state index contributed by atoms with van der Waals surface area (Å²) >= 11 is 0. The molecule has 1 amide bonds. The van der Waals surface area contributed by atoms with Crippen molar-refractivity contribution >= 4 is 30.7 Å². The van der Waals surface area contributed by atoms with Crippen molar-refractivity contribution in [3.63, 3.8) is 0 Å². The highest BCUT2D eigenvalue weighted by atomic mass is 35.5. The Morgan fingerprint density at radius 1 is 1.09 bits per heavy atom. The third-order valence-corrected chi connectivity index (χ3v) is 3.71. The predicted octanol–water partition coefficient (Wildman–Crippen LogP) is 3.07. The zero-order chi connectivity index (χ0) is 16.0. The standard InChI is InChI=1S/C17H29N3O.2ClH/c1-12(2)20(13(3)4)11-10-19-17(21)16(18)15-8-6-14(5)7-9-15;;/h6-9,12-13,16H,10-11,18H2,1-5H3,(H,19,21);2*1H. The lowest BCUT2D eigenvalue weighted by Crippen LogP contribution is -2.44. The first-order valence-electron chi connectivity index (χ1n) is 7.68. The number of nitrogens with two attached hydrogens (primary N) is 1. The van der Waals surface area contributed by atoms with E-state index in [1.54, 1.807) is 0 Å². The number of benzene rings is 1. The summed E-state index contributed by atoms with van der Waals surface area (Å²) in [6, 6.07) is 8.10. The number of halogens is 2. The average Bonchev–Trinajstić information content (AvgIpc) is 2.42. The Morgan fingerprint density at radius 2 is 1.57 bits per heavy atom. The first kappa shape index (κ1) is 24.4. The molecule has 1 aromatic carbocycles. The van der Waals surface area contributed by atoms with Crippen molar-refractivity contribution in [2.75, 3.05) is 13.1 Å². The molecule has 0 saturated heterocycles. The Kier molecular flexibility index (Phi) is 12.4. The monoisotopic (exact) mass is 363 g/mol. The predicted molar refractivity (Wildman–Crippen MR) is 103 cm³/mol. The Balaban J connectivity index is 0. The number of hydrogen-bond donors (Lipinski definition) is 2. The summed E-state index contributed by atoms with van der Waals surface area (Å²) in [6.45, 7) is 12.1. The maximum absolute atomic E-state index is 12.1. The topological polar surface area (TPSA) is 58.4 Å². The van der Waals surface area contributed by atoms with Crippen LogP contribution in [0.25, 0.3) is 0 Å². The van der Waals surface area contributed by atoms with Crippen molar-refractivity contribution in [2.24, 2.45) is 5.73 Å². The molecule has 0 fully saturated rings. The van der Waals surface area contributed by atoms with Gasteiger partial charge in [-0.2, -0.15) is 0 Å². The molecule has 0 aromatic heterocycles. The number of nitrogens with zero attached hydrogens (tertiary/aromatic N) is 1. The van der Waals surface area contributed by atoms with Crippen LogP contribution in [0.5, 0.6) is 0 Å². The van der Waals surface area contributed by atoms with Gasteiger partial charge in [-0.05, 0) is 40.2 Å². The van der Waals surface area contributed by atoms with E-state index >= 15 is 0 Å². The molecule has 23 heavy (non-hydrogen) atoms. The first-order chi connectivity index (χ1) is 9.82. The van der Waals surface area contributed by atoms with Gasteiger partial charge >= 0.3 is 0 Å². The van der Waals surface area contributed by atoms with E-state index in [1.165, 1.54) is 0 Å². The molecule has 6 heteroatoms. The van der Waals surface area contributed by atoms with Crippen molar-refractivity contribution in [2.45, 2.75) is 52.7 Å². The molecule has 0 aliphatic rings. The van der Waals surface area contributed by atoms with Gasteiger partial charge in [-0.1, -0.05) is 29.8 Å². The lowest BCUT2D eigenvalue weighted by Gasteiger charge is -2.30. The maximum atomic E-state index is 12.1. The Labute approximate surface area is 153 Å². The molecule has 1 aromatic rings. The van der Waals surface area contributed by atoms with Crippen LogP contribution in [0.2, 0.25) is 0 Å². The molecule has 134 valence electrons. The molecule has 0 aliphatic carbocycles. The molecule has 0 saturated carbocycles. The number of carbonyl (C=O) groups is 1. The summed E-state index contributed by atoms with van der Waals surface area (Å²) in [5.41, 5.74) is 8.01. The molecule has 4 nitrogen and oxygen atoms in total. The number of carbonyl (C=O) groups excluding carboxylic acids is 1. The second kappa shape index (κ2) is 11.7. The minimum absolute atomic E-state index is 0. The van der Waals surface area contributed by atoms with Gasteiger partial charge in [0.15, 0.2) is 0 Å². The SMILES string of the molecule is Cc1ccc(C(N)C(=O)NCCN(C(C)C)C(C)C)cc1.Cl.Cl. The fraction of sp³-hybridized carbons (Fsp3) is 0.588. The molecule has 0 radical (unpaired) electrons. The molecule has 0 heterocycles. The fourth-order valence-electron chi connectivity index (χ4n) is 2.46. The summed E-state index contributed by atoms with van der Waals surface area (Å²) in [5, 5.41) is 2.93. The van der Waals surface area contributed by atoms with Gasteiger partial charge in [0, 0.05) is 25.2 Å². The van der Waals surface area contributed by atoms with Crippen molar-refractivity contribution in [1.29, 1.82) is 0 Å². The van der Waals surface area contributed by atoms with Crippen LogP contribution in [0.1, 0.15) is 44.9 Å². The van der Waals surface area contributed by atoms with Crippen LogP contribution in [-0.2, 0) is 4.79 Å². The van der Waals surface area contributed by atoms with E-state index in [0.29, 0.717) is 18.6 Å². The quantitative estimate of drug-likeness (QED) is 0.782. The van der Waals surface area contributed by atoms with Gasteiger partial charge in [0.25, 0.3) is 0 Å². The lowest BCUT2D eigenvalue weighted by atomic mass is 10.1. The van der Waals surface area contributed by atoms with Crippen LogP contribution in [0.4, 0.5) is 0 Å². The Morgan fingerprint density at radius 3 is 2.00 bits per heavy atom. The fourth-order valence-corrected chi connectivity index (χ4v) is 2.46. The third kappa shape index (κ3) is 8.02. The molecular weight excluding hydrogens is 333 g/mol. The summed E-state index contributed by atoms with van der Waals surface area (Å²) < 4.78 is 0. The van der Waals surface area contributed by atoms with Crippen LogP contribution in [-0.4, -0.2) is 36.0 Å². The molecule has 0 bridgehead atoms. The van der Waals surface area contributed by atoms with Crippen LogP contribution >= 0.6 is 24.8 Å². The lowest BCUT2D eigenvalue weighted by molar-refractivity contribution is -0.122. The van der Waals surface area contributed by atoms with Crippen LogP contribution in [0.15, 0.2) is 24.3 Å². The highest BCUT2D eigenvalue weighted by Gasteiger charge is 2.17. The molecular formula is C17H31Cl2N3O. The zero-order valence-electron chi connectivity index (χ0n) is 14.7. The number of hydrogen-bond acceptors (Lipinski definition) is 3. The maximum Gasteiger partial charge on any atom is 0.241 e. The number of nitrogens with one attached hydrogen (secondary N) is 1. The van der Waals surface area contributed by atoms with Crippen LogP contribution < -0.4 is 11.1 Å². The molecule has 3 N–H and O–H groups in total. The highest BCUT2D eigenvalue weighted by Crippen LogP contribution is 2.11. The first-order valence-corrected chi connectivity index (χ1v) is 7.68. The Hall–Kier alpha value is -0.810. The largest absolute Gasteiger partial charge is 0.353 e. The van der Waals surface area contributed by atoms with E-state index in [4.69, 9.17) is 5.73 Å². The molecule has 1 unspecified atom stereocenters. The number of rotatable bonds is 7. The van der Waals surface area contributed by atoms with Gasteiger partial charge in [-0.3, -0.25) is 9.69 Å². The molecule has 0 aliphatic heterocycles. The van der Waals surface area contributed by atoms with Gasteiger partial charge in [0.2, 0.25) is 5.91 Å². The van der Waals surface area contributed by atoms with E-state index in [2.05, 4.69) is 37.9 Å². The second-order valence-corrected chi connectivity index (χ2v) is 6.10. The van der Waals surface area contributed by atoms with Gasteiger partial charge in [0.05, 0.1) is 0 Å². The zero-order valence-corrected chi connectivity index (χ0v) is 16.3. The summed E-state index contributed by atoms with van der Waals surface area (Å²) in [5.74, 6) is -0.119. The van der Waals surface area contributed by atoms with Gasteiger partial charge in [0.1, 0.15) is 6.04 Å². The third-order valence-electron chi connectivity index (χ3n) is 3.71. The molecule has 1 rings (SSSR count). The number of aryl methyl sites for hydroxylation is 1. The van der Waals surface area contributed by atoms with Gasteiger partial charge in [-0.25, -0.2) is 0 Å². The average molecular weight is 364 g/mol. The minimum Gasteiger partial charge on any atom is -0.353 e. The van der Waals surface area contributed by atoms with Crippen molar-refractivity contribution in [3.05, 3.63) is 35.4 Å². The van der Waals surface area contributed by atoms with Gasteiger partial charge in [-0.15, -0.1) is 24.8 Å².